The minimum Gasteiger partial charge on any atom is -0.206 e. The summed E-state index contributed by atoms with van der Waals surface area (Å²) in [6.07, 6.45) is 0.917. The molecule has 4 heteroatoms. The molecule has 0 fully saturated rings. The molecule has 2 rings (SSSR count). The van der Waals surface area contributed by atoms with Crippen molar-refractivity contribution >= 4 is 21.4 Å². The van der Waals surface area contributed by atoms with Crippen molar-refractivity contribution in [3.8, 4) is 0 Å². The van der Waals surface area contributed by atoms with Crippen LogP contribution < -0.4 is 0 Å². The van der Waals surface area contributed by atoms with Crippen LogP contribution in [0.1, 0.15) is 12.6 Å². The minimum atomic E-state index is 0.917. The SMILES string of the molecule is CCc1nnn2c(Br)cccc12. The van der Waals surface area contributed by atoms with Gasteiger partial charge < -0.3 is 0 Å². The van der Waals surface area contributed by atoms with Crippen LogP contribution >= 0.6 is 15.9 Å². The summed E-state index contributed by atoms with van der Waals surface area (Å²) in [5.41, 5.74) is 2.11. The topological polar surface area (TPSA) is 30.2 Å². The molecule has 2 heterocycles. The average molecular weight is 226 g/mol. The van der Waals surface area contributed by atoms with Crippen LogP contribution in [0.4, 0.5) is 0 Å². The molecular formula is C8H8BrN3. The van der Waals surface area contributed by atoms with Crippen LogP contribution in [0.2, 0.25) is 0 Å². The number of aromatic nitrogens is 3. The molecule has 0 spiro atoms. The molecule has 2 aromatic heterocycles. The van der Waals surface area contributed by atoms with Crippen molar-refractivity contribution in [2.24, 2.45) is 0 Å². The summed E-state index contributed by atoms with van der Waals surface area (Å²) in [6.45, 7) is 2.07. The number of pyridine rings is 1. The fraction of sp³-hybridized carbons (Fsp3) is 0.250. The van der Waals surface area contributed by atoms with E-state index >= 15 is 0 Å². The first-order valence-corrected chi connectivity index (χ1v) is 4.61. The highest BCUT2D eigenvalue weighted by molar-refractivity contribution is 9.10. The van der Waals surface area contributed by atoms with E-state index in [0.29, 0.717) is 0 Å². The second kappa shape index (κ2) is 2.86. The zero-order chi connectivity index (χ0) is 8.55. The molecule has 0 saturated carbocycles. The van der Waals surface area contributed by atoms with Crippen LogP contribution in [0.15, 0.2) is 22.8 Å². The molecule has 0 aliphatic heterocycles. The molecule has 0 atom stereocenters. The van der Waals surface area contributed by atoms with Gasteiger partial charge in [-0.15, -0.1) is 5.10 Å². The summed E-state index contributed by atoms with van der Waals surface area (Å²) in [4.78, 5) is 0. The molecule has 62 valence electrons. The third-order valence-corrected chi connectivity index (χ3v) is 2.40. The quantitative estimate of drug-likeness (QED) is 0.696. The van der Waals surface area contributed by atoms with Gasteiger partial charge in [0.25, 0.3) is 0 Å². The summed E-state index contributed by atoms with van der Waals surface area (Å²) in [7, 11) is 0. The van der Waals surface area contributed by atoms with Gasteiger partial charge in [-0.3, -0.25) is 0 Å². The lowest BCUT2D eigenvalue weighted by Gasteiger charge is -1.94. The normalized spacial score (nSPS) is 10.8. The second-order valence-corrected chi connectivity index (χ2v) is 3.35. The van der Waals surface area contributed by atoms with Crippen molar-refractivity contribution in [1.82, 2.24) is 14.8 Å². The van der Waals surface area contributed by atoms with Gasteiger partial charge in [-0.05, 0) is 34.5 Å². The largest absolute Gasteiger partial charge is 0.206 e. The van der Waals surface area contributed by atoms with Gasteiger partial charge in [0.15, 0.2) is 0 Å². The Morgan fingerprint density at radius 3 is 3.08 bits per heavy atom. The van der Waals surface area contributed by atoms with E-state index in [1.165, 1.54) is 0 Å². The second-order valence-electron chi connectivity index (χ2n) is 2.54. The zero-order valence-electron chi connectivity index (χ0n) is 6.66. The van der Waals surface area contributed by atoms with Gasteiger partial charge in [0.05, 0.1) is 11.2 Å². The molecule has 12 heavy (non-hydrogen) atoms. The maximum atomic E-state index is 4.06. The van der Waals surface area contributed by atoms with Crippen molar-refractivity contribution in [2.75, 3.05) is 0 Å². The summed E-state index contributed by atoms with van der Waals surface area (Å²) in [5.74, 6) is 0. The third-order valence-electron chi connectivity index (χ3n) is 1.80. The lowest BCUT2D eigenvalue weighted by molar-refractivity contribution is 0.827. The first-order chi connectivity index (χ1) is 5.83. The van der Waals surface area contributed by atoms with Gasteiger partial charge in [0, 0.05) is 0 Å². The maximum absolute atomic E-state index is 4.06. The minimum absolute atomic E-state index is 0.917. The van der Waals surface area contributed by atoms with E-state index in [-0.39, 0.29) is 0 Å². The van der Waals surface area contributed by atoms with Gasteiger partial charge >= 0.3 is 0 Å². The van der Waals surface area contributed by atoms with Crippen LogP contribution in [-0.2, 0) is 6.42 Å². The van der Waals surface area contributed by atoms with E-state index in [1.54, 1.807) is 4.52 Å². The Hall–Kier alpha value is -0.900. The zero-order valence-corrected chi connectivity index (χ0v) is 8.24. The third kappa shape index (κ3) is 1.03. The maximum Gasteiger partial charge on any atom is 0.110 e. The van der Waals surface area contributed by atoms with Crippen LogP contribution in [0, 0.1) is 0 Å². The van der Waals surface area contributed by atoms with Crippen LogP contribution in [-0.4, -0.2) is 14.8 Å². The Morgan fingerprint density at radius 1 is 1.50 bits per heavy atom. The number of nitrogens with zero attached hydrogens (tertiary/aromatic N) is 3. The molecular weight excluding hydrogens is 218 g/mol. The number of hydrogen-bond donors (Lipinski definition) is 0. The molecule has 0 aromatic carbocycles. The van der Waals surface area contributed by atoms with E-state index in [4.69, 9.17) is 0 Å². The molecule has 2 aromatic rings. The molecule has 0 unspecified atom stereocenters. The molecule has 0 amide bonds. The summed E-state index contributed by atoms with van der Waals surface area (Å²) >= 11 is 3.40. The fourth-order valence-electron chi connectivity index (χ4n) is 1.19. The molecule has 0 N–H and O–H groups in total. The average Bonchev–Trinajstić information content (AvgIpc) is 2.49. The van der Waals surface area contributed by atoms with E-state index < -0.39 is 0 Å². The summed E-state index contributed by atoms with van der Waals surface area (Å²) in [5, 5.41) is 8.07. The number of hydrogen-bond acceptors (Lipinski definition) is 2. The van der Waals surface area contributed by atoms with Crippen molar-refractivity contribution in [1.29, 1.82) is 0 Å². The predicted octanol–water partition coefficient (Wildman–Crippen LogP) is 2.05. The van der Waals surface area contributed by atoms with Gasteiger partial charge in [0.2, 0.25) is 0 Å². The Balaban J connectivity index is 2.80. The Kier molecular flexibility index (Phi) is 1.84. The number of halogens is 1. The molecule has 0 radical (unpaired) electrons. The van der Waals surface area contributed by atoms with E-state index in [1.807, 2.05) is 18.2 Å². The van der Waals surface area contributed by atoms with Crippen LogP contribution in [0.5, 0.6) is 0 Å². The van der Waals surface area contributed by atoms with Gasteiger partial charge in [0.1, 0.15) is 4.60 Å². The first-order valence-electron chi connectivity index (χ1n) is 3.81. The Labute approximate surface area is 78.5 Å². The summed E-state index contributed by atoms with van der Waals surface area (Å²) in [6, 6.07) is 5.95. The molecule has 0 aliphatic rings. The number of rotatable bonds is 1. The lowest BCUT2D eigenvalue weighted by atomic mass is 10.3. The number of aryl methyl sites for hydroxylation is 1. The molecule has 0 saturated heterocycles. The monoisotopic (exact) mass is 225 g/mol. The Bertz CT molecular complexity index is 408. The summed E-state index contributed by atoms with van der Waals surface area (Å²) < 4.78 is 2.73. The fourth-order valence-corrected chi connectivity index (χ4v) is 1.60. The Morgan fingerprint density at radius 2 is 2.33 bits per heavy atom. The number of fused-ring (bicyclic) bond motifs is 1. The van der Waals surface area contributed by atoms with Crippen molar-refractivity contribution < 1.29 is 0 Å². The molecule has 0 bridgehead atoms. The highest BCUT2D eigenvalue weighted by Gasteiger charge is 2.04. The van der Waals surface area contributed by atoms with Crippen molar-refractivity contribution in [2.45, 2.75) is 13.3 Å². The van der Waals surface area contributed by atoms with E-state index in [9.17, 15) is 0 Å². The highest BCUT2D eigenvalue weighted by Crippen LogP contribution is 2.14. The van der Waals surface area contributed by atoms with Crippen molar-refractivity contribution in [3.63, 3.8) is 0 Å². The van der Waals surface area contributed by atoms with Gasteiger partial charge in [-0.25, -0.2) is 4.52 Å². The van der Waals surface area contributed by atoms with Crippen LogP contribution in [0.25, 0.3) is 5.52 Å². The standard InChI is InChI=1S/C8H8BrN3/c1-2-6-7-4-3-5-8(9)12(7)11-10-6/h3-5H,2H2,1H3. The lowest BCUT2D eigenvalue weighted by Crippen LogP contribution is -1.88. The van der Waals surface area contributed by atoms with E-state index in [0.717, 1.165) is 22.2 Å². The van der Waals surface area contributed by atoms with Gasteiger partial charge in [-0.2, -0.15) is 0 Å². The highest BCUT2D eigenvalue weighted by atomic mass is 79.9. The first kappa shape index (κ1) is 7.73. The van der Waals surface area contributed by atoms with Gasteiger partial charge in [-0.1, -0.05) is 18.2 Å². The molecule has 0 aliphatic carbocycles. The smallest absolute Gasteiger partial charge is 0.110 e. The predicted molar refractivity (Wildman–Crippen MR) is 50.1 cm³/mol. The molecule has 3 nitrogen and oxygen atoms in total. The van der Waals surface area contributed by atoms with E-state index in [2.05, 4.69) is 33.2 Å². The van der Waals surface area contributed by atoms with Crippen LogP contribution in [0.3, 0.4) is 0 Å². The van der Waals surface area contributed by atoms with Crippen molar-refractivity contribution in [3.05, 3.63) is 28.5 Å².